The average molecular weight is 352 g/mol. The molecule has 1 heterocycles. The molecule has 1 saturated carbocycles. The summed E-state index contributed by atoms with van der Waals surface area (Å²) in [4.78, 5) is 15.6. The zero-order valence-electron chi connectivity index (χ0n) is 14.6. The minimum atomic E-state index is -0.340. The number of ether oxygens (including phenoxy) is 1. The zero-order valence-corrected chi connectivity index (χ0v) is 14.6. The number of carbonyl (C=O) groups is 1. The number of hydrogen-bond donors (Lipinski definition) is 2. The van der Waals surface area contributed by atoms with E-state index in [0.29, 0.717) is 12.1 Å². The largest absolute Gasteiger partial charge is 0.497 e. The summed E-state index contributed by atoms with van der Waals surface area (Å²) in [5.74, 6) is 0.323. The molecule has 0 unspecified atom stereocenters. The number of aromatic amines is 1. The van der Waals surface area contributed by atoms with E-state index in [4.69, 9.17) is 4.74 Å². The van der Waals surface area contributed by atoms with Gasteiger partial charge in [-0.15, -0.1) is 0 Å². The van der Waals surface area contributed by atoms with Crippen molar-refractivity contribution >= 4 is 16.8 Å². The zero-order chi connectivity index (χ0) is 18.1. The van der Waals surface area contributed by atoms with Crippen molar-refractivity contribution in [1.82, 2.24) is 10.3 Å². The number of fused-ring (bicyclic) bond motifs is 1. The van der Waals surface area contributed by atoms with Crippen LogP contribution in [0.1, 0.15) is 24.0 Å². The molecule has 5 heteroatoms. The van der Waals surface area contributed by atoms with Gasteiger partial charge in [0.1, 0.15) is 11.6 Å². The van der Waals surface area contributed by atoms with Crippen molar-refractivity contribution in [3.63, 3.8) is 0 Å². The predicted molar refractivity (Wildman–Crippen MR) is 98.9 cm³/mol. The molecule has 2 aromatic carbocycles. The van der Waals surface area contributed by atoms with Gasteiger partial charge in [0.25, 0.3) is 0 Å². The highest BCUT2D eigenvalue weighted by Gasteiger charge is 2.45. The molecular formula is C21H21FN2O2. The summed E-state index contributed by atoms with van der Waals surface area (Å²) in [5.41, 5.74) is 2.64. The first kappa shape index (κ1) is 16.6. The first-order valence-corrected chi connectivity index (χ1v) is 8.77. The molecule has 1 amide bonds. The van der Waals surface area contributed by atoms with Crippen molar-refractivity contribution in [2.45, 2.75) is 24.7 Å². The topological polar surface area (TPSA) is 54.1 Å². The minimum absolute atomic E-state index is 0.0461. The number of H-pyrrole nitrogens is 1. The Bertz CT molecular complexity index is 960. The number of nitrogens with one attached hydrogen (secondary N) is 2. The van der Waals surface area contributed by atoms with Crippen LogP contribution in [0.4, 0.5) is 4.39 Å². The van der Waals surface area contributed by atoms with Gasteiger partial charge in [-0.25, -0.2) is 4.39 Å². The Hall–Kier alpha value is -2.82. The summed E-state index contributed by atoms with van der Waals surface area (Å²) in [6.07, 6.45) is 4.14. The Morgan fingerprint density at radius 2 is 2.08 bits per heavy atom. The summed E-state index contributed by atoms with van der Waals surface area (Å²) in [5, 5.41) is 4.12. The van der Waals surface area contributed by atoms with Crippen LogP contribution in [-0.4, -0.2) is 24.5 Å². The molecule has 134 valence electrons. The maximum absolute atomic E-state index is 13.7. The van der Waals surface area contributed by atoms with Gasteiger partial charge in [0, 0.05) is 29.1 Å². The highest BCUT2D eigenvalue weighted by atomic mass is 19.1. The van der Waals surface area contributed by atoms with Crippen LogP contribution in [0.25, 0.3) is 10.9 Å². The molecular weight excluding hydrogens is 331 g/mol. The van der Waals surface area contributed by atoms with Gasteiger partial charge in [-0.1, -0.05) is 18.2 Å². The Morgan fingerprint density at radius 3 is 2.81 bits per heavy atom. The van der Waals surface area contributed by atoms with Gasteiger partial charge in [0.15, 0.2) is 0 Å². The van der Waals surface area contributed by atoms with E-state index in [1.165, 1.54) is 11.6 Å². The molecule has 1 fully saturated rings. The van der Waals surface area contributed by atoms with Crippen LogP contribution in [0.2, 0.25) is 0 Å². The van der Waals surface area contributed by atoms with E-state index in [-0.39, 0.29) is 23.6 Å². The maximum Gasteiger partial charge on any atom is 0.224 e. The van der Waals surface area contributed by atoms with Gasteiger partial charge in [-0.3, -0.25) is 4.79 Å². The monoisotopic (exact) mass is 352 g/mol. The van der Waals surface area contributed by atoms with Gasteiger partial charge < -0.3 is 15.0 Å². The fourth-order valence-electron chi connectivity index (χ4n) is 3.50. The molecule has 0 spiro atoms. The van der Waals surface area contributed by atoms with E-state index in [1.54, 1.807) is 25.3 Å². The van der Waals surface area contributed by atoms with Gasteiger partial charge in [-0.2, -0.15) is 0 Å². The number of aromatic nitrogens is 1. The smallest absolute Gasteiger partial charge is 0.224 e. The van der Waals surface area contributed by atoms with E-state index in [0.717, 1.165) is 29.5 Å². The molecule has 0 aliphatic heterocycles. The number of hydrogen-bond acceptors (Lipinski definition) is 2. The molecule has 1 aliphatic rings. The van der Waals surface area contributed by atoms with Crippen LogP contribution >= 0.6 is 0 Å². The second-order valence-electron chi connectivity index (χ2n) is 6.94. The van der Waals surface area contributed by atoms with Crippen molar-refractivity contribution < 1.29 is 13.9 Å². The van der Waals surface area contributed by atoms with E-state index < -0.39 is 0 Å². The highest BCUT2D eigenvalue weighted by Crippen LogP contribution is 2.50. The van der Waals surface area contributed by atoms with Crippen molar-refractivity contribution in [3.05, 3.63) is 65.6 Å². The predicted octanol–water partition coefficient (Wildman–Crippen LogP) is 3.71. The van der Waals surface area contributed by atoms with Crippen molar-refractivity contribution in [1.29, 1.82) is 0 Å². The summed E-state index contributed by atoms with van der Waals surface area (Å²) < 4.78 is 19.0. The lowest BCUT2D eigenvalue weighted by Gasteiger charge is -2.16. The normalized spacial score (nSPS) is 15.0. The van der Waals surface area contributed by atoms with E-state index in [9.17, 15) is 9.18 Å². The average Bonchev–Trinajstić information content (AvgIpc) is 3.32. The molecule has 4 nitrogen and oxygen atoms in total. The fourth-order valence-corrected chi connectivity index (χ4v) is 3.50. The van der Waals surface area contributed by atoms with Crippen LogP contribution in [0.5, 0.6) is 5.75 Å². The van der Waals surface area contributed by atoms with Gasteiger partial charge in [0.2, 0.25) is 5.91 Å². The summed E-state index contributed by atoms with van der Waals surface area (Å²) in [7, 11) is 1.66. The summed E-state index contributed by atoms with van der Waals surface area (Å²) in [6, 6.07) is 12.4. The standard InChI is InChI=1S/C21H21FN2O2/c1-26-15-6-7-19-16(11-15)17(12-23-19)21(8-9-21)13-24-20(25)10-14-4-2-3-5-18(14)22/h2-7,11-12,23H,8-10,13H2,1H3,(H,24,25). The number of halogens is 1. The highest BCUT2D eigenvalue weighted by molar-refractivity contribution is 5.86. The van der Waals surface area contributed by atoms with Crippen molar-refractivity contribution in [2.24, 2.45) is 0 Å². The quantitative estimate of drug-likeness (QED) is 0.711. The lowest BCUT2D eigenvalue weighted by Crippen LogP contribution is -2.33. The molecule has 4 rings (SSSR count). The van der Waals surface area contributed by atoms with Crippen LogP contribution in [0.3, 0.4) is 0 Å². The fraction of sp³-hybridized carbons (Fsp3) is 0.286. The minimum Gasteiger partial charge on any atom is -0.497 e. The van der Waals surface area contributed by atoms with Crippen LogP contribution in [0.15, 0.2) is 48.7 Å². The summed E-state index contributed by atoms with van der Waals surface area (Å²) in [6.45, 7) is 0.560. The molecule has 0 bridgehead atoms. The van der Waals surface area contributed by atoms with Gasteiger partial charge in [0.05, 0.1) is 13.5 Å². The Labute approximate surface area is 151 Å². The molecule has 0 radical (unpaired) electrons. The third-order valence-corrected chi connectivity index (χ3v) is 5.25. The molecule has 26 heavy (non-hydrogen) atoms. The van der Waals surface area contributed by atoms with Gasteiger partial charge in [-0.05, 0) is 48.2 Å². The SMILES string of the molecule is COc1ccc2[nH]cc(C3(CNC(=O)Cc4ccccc4F)CC3)c2c1. The number of rotatable bonds is 6. The first-order chi connectivity index (χ1) is 12.6. The number of carbonyl (C=O) groups excluding carboxylic acids is 1. The number of benzene rings is 2. The third-order valence-electron chi connectivity index (χ3n) is 5.25. The number of amides is 1. The van der Waals surface area contributed by atoms with Crippen LogP contribution in [-0.2, 0) is 16.6 Å². The first-order valence-electron chi connectivity index (χ1n) is 8.77. The van der Waals surface area contributed by atoms with Gasteiger partial charge >= 0.3 is 0 Å². The second kappa shape index (κ2) is 6.48. The lowest BCUT2D eigenvalue weighted by atomic mass is 9.95. The molecule has 0 atom stereocenters. The molecule has 1 aliphatic carbocycles. The molecule has 1 aromatic heterocycles. The third kappa shape index (κ3) is 3.05. The molecule has 3 aromatic rings. The maximum atomic E-state index is 13.7. The van der Waals surface area contributed by atoms with E-state index in [2.05, 4.69) is 10.3 Å². The van der Waals surface area contributed by atoms with Crippen molar-refractivity contribution in [2.75, 3.05) is 13.7 Å². The second-order valence-corrected chi connectivity index (χ2v) is 6.94. The van der Waals surface area contributed by atoms with Crippen molar-refractivity contribution in [3.8, 4) is 5.75 Å². The van der Waals surface area contributed by atoms with Crippen LogP contribution in [0, 0.1) is 5.82 Å². The Kier molecular flexibility index (Phi) is 4.15. The lowest BCUT2D eigenvalue weighted by molar-refractivity contribution is -0.120. The Morgan fingerprint density at radius 1 is 1.27 bits per heavy atom. The number of methoxy groups -OCH3 is 1. The Balaban J connectivity index is 1.48. The van der Waals surface area contributed by atoms with E-state index >= 15 is 0 Å². The van der Waals surface area contributed by atoms with E-state index in [1.807, 2.05) is 24.4 Å². The molecule has 2 N–H and O–H groups in total. The summed E-state index contributed by atoms with van der Waals surface area (Å²) >= 11 is 0. The van der Waals surface area contributed by atoms with Crippen LogP contribution < -0.4 is 10.1 Å². The molecule has 0 saturated heterocycles.